The van der Waals surface area contributed by atoms with E-state index in [0.717, 1.165) is 5.56 Å². The molecule has 92 valence electrons. The van der Waals surface area contributed by atoms with Crippen LogP contribution in [-0.4, -0.2) is 23.9 Å². The van der Waals surface area contributed by atoms with Gasteiger partial charge in [-0.1, -0.05) is 23.7 Å². The quantitative estimate of drug-likeness (QED) is 0.805. The van der Waals surface area contributed by atoms with Gasteiger partial charge in [0.25, 0.3) is 0 Å². The van der Waals surface area contributed by atoms with Crippen molar-refractivity contribution in [2.45, 2.75) is 32.2 Å². The molecule has 2 nitrogen and oxygen atoms in total. The fourth-order valence-corrected chi connectivity index (χ4v) is 2.15. The first-order chi connectivity index (χ1) is 8.08. The maximum Gasteiger partial charge on any atom is 0.226 e. The molecule has 17 heavy (non-hydrogen) atoms. The minimum atomic E-state index is 0.187. The molecule has 0 aromatic heterocycles. The van der Waals surface area contributed by atoms with Crippen molar-refractivity contribution >= 4 is 17.5 Å². The van der Waals surface area contributed by atoms with Crippen LogP contribution in [0.1, 0.15) is 25.3 Å². The minimum Gasteiger partial charge on any atom is -0.342 e. The van der Waals surface area contributed by atoms with E-state index in [0.29, 0.717) is 23.4 Å². The number of carbonyl (C=O) groups excluding carboxylic acids is 1. The van der Waals surface area contributed by atoms with Gasteiger partial charge in [0.05, 0.1) is 6.42 Å². The van der Waals surface area contributed by atoms with Crippen molar-refractivity contribution in [2.24, 2.45) is 5.92 Å². The number of carbonyl (C=O) groups is 1. The van der Waals surface area contributed by atoms with Gasteiger partial charge in [0.1, 0.15) is 0 Å². The van der Waals surface area contributed by atoms with E-state index >= 15 is 0 Å². The van der Waals surface area contributed by atoms with Crippen LogP contribution in [0.3, 0.4) is 0 Å². The second-order valence-corrected chi connectivity index (χ2v) is 5.32. The van der Waals surface area contributed by atoms with Crippen molar-refractivity contribution < 1.29 is 4.79 Å². The lowest BCUT2D eigenvalue weighted by molar-refractivity contribution is -0.131. The molecule has 0 bridgehead atoms. The Morgan fingerprint density at radius 3 is 2.53 bits per heavy atom. The SMILES string of the molecule is CC(C1CC1)N(C)C(=O)Cc1ccc(Cl)cc1. The Kier molecular flexibility index (Phi) is 3.72. The van der Waals surface area contributed by atoms with Gasteiger partial charge in [-0.2, -0.15) is 0 Å². The van der Waals surface area contributed by atoms with Gasteiger partial charge in [-0.3, -0.25) is 4.79 Å². The Morgan fingerprint density at radius 1 is 1.41 bits per heavy atom. The van der Waals surface area contributed by atoms with Gasteiger partial charge in [-0.05, 0) is 43.4 Å². The molecular weight excluding hydrogens is 234 g/mol. The molecule has 1 amide bonds. The van der Waals surface area contributed by atoms with Crippen LogP contribution in [0.5, 0.6) is 0 Å². The summed E-state index contributed by atoms with van der Waals surface area (Å²) in [4.78, 5) is 13.9. The zero-order valence-electron chi connectivity index (χ0n) is 10.3. The average Bonchev–Trinajstić information content (AvgIpc) is 3.14. The molecule has 3 heteroatoms. The topological polar surface area (TPSA) is 20.3 Å². The number of benzene rings is 1. The van der Waals surface area contributed by atoms with E-state index in [2.05, 4.69) is 6.92 Å². The molecule has 1 aliphatic carbocycles. The average molecular weight is 252 g/mol. The normalized spacial score (nSPS) is 16.6. The van der Waals surface area contributed by atoms with E-state index < -0.39 is 0 Å². The van der Waals surface area contributed by atoms with E-state index in [1.165, 1.54) is 12.8 Å². The molecule has 0 heterocycles. The summed E-state index contributed by atoms with van der Waals surface area (Å²) in [5.74, 6) is 0.904. The van der Waals surface area contributed by atoms with Crippen LogP contribution in [0.4, 0.5) is 0 Å². The first kappa shape index (κ1) is 12.4. The molecule has 1 saturated carbocycles. The maximum atomic E-state index is 12.1. The highest BCUT2D eigenvalue weighted by Gasteiger charge is 2.32. The van der Waals surface area contributed by atoms with E-state index in [9.17, 15) is 4.79 Å². The van der Waals surface area contributed by atoms with Gasteiger partial charge in [0, 0.05) is 18.1 Å². The lowest BCUT2D eigenvalue weighted by Gasteiger charge is -2.25. The Labute approximate surface area is 108 Å². The molecule has 1 aromatic carbocycles. The van der Waals surface area contributed by atoms with Gasteiger partial charge < -0.3 is 4.90 Å². The summed E-state index contributed by atoms with van der Waals surface area (Å²) >= 11 is 5.82. The summed E-state index contributed by atoms with van der Waals surface area (Å²) in [6.45, 7) is 2.14. The number of likely N-dealkylation sites (N-methyl/N-ethyl adjacent to an activating group) is 1. The van der Waals surface area contributed by atoms with Crippen molar-refractivity contribution in [1.82, 2.24) is 4.90 Å². The molecular formula is C14H18ClNO. The molecule has 1 aliphatic rings. The molecule has 0 spiro atoms. The van der Waals surface area contributed by atoms with Crippen LogP contribution < -0.4 is 0 Å². The van der Waals surface area contributed by atoms with Crippen LogP contribution in [0.25, 0.3) is 0 Å². The van der Waals surface area contributed by atoms with E-state index in [4.69, 9.17) is 11.6 Å². The highest BCUT2D eigenvalue weighted by Crippen LogP contribution is 2.34. The fourth-order valence-electron chi connectivity index (χ4n) is 2.02. The molecule has 1 atom stereocenters. The third kappa shape index (κ3) is 3.22. The highest BCUT2D eigenvalue weighted by molar-refractivity contribution is 6.30. The van der Waals surface area contributed by atoms with Crippen molar-refractivity contribution in [2.75, 3.05) is 7.05 Å². The monoisotopic (exact) mass is 251 g/mol. The van der Waals surface area contributed by atoms with Gasteiger partial charge in [0.2, 0.25) is 5.91 Å². The summed E-state index contributed by atoms with van der Waals surface area (Å²) in [7, 11) is 1.90. The Bertz CT molecular complexity index is 397. The standard InChI is InChI=1S/C14H18ClNO/c1-10(12-5-6-12)16(2)14(17)9-11-3-7-13(15)8-4-11/h3-4,7-8,10,12H,5-6,9H2,1-2H3. The summed E-state index contributed by atoms with van der Waals surface area (Å²) < 4.78 is 0. The summed E-state index contributed by atoms with van der Waals surface area (Å²) in [6, 6.07) is 7.85. The third-order valence-electron chi connectivity index (χ3n) is 3.58. The molecule has 0 saturated heterocycles. The predicted octanol–water partition coefficient (Wildman–Crippen LogP) is 3.14. The van der Waals surface area contributed by atoms with Gasteiger partial charge >= 0.3 is 0 Å². The van der Waals surface area contributed by atoms with Crippen molar-refractivity contribution in [1.29, 1.82) is 0 Å². The molecule has 0 N–H and O–H groups in total. The molecule has 1 unspecified atom stereocenters. The lowest BCUT2D eigenvalue weighted by atomic mass is 10.1. The van der Waals surface area contributed by atoms with E-state index in [-0.39, 0.29) is 5.91 Å². The molecule has 0 aliphatic heterocycles. The van der Waals surface area contributed by atoms with Crippen molar-refractivity contribution in [3.63, 3.8) is 0 Å². The Hall–Kier alpha value is -1.02. The smallest absolute Gasteiger partial charge is 0.226 e. The number of hydrogen-bond acceptors (Lipinski definition) is 1. The van der Waals surface area contributed by atoms with Crippen LogP contribution in [0, 0.1) is 5.92 Å². The molecule has 0 radical (unpaired) electrons. The van der Waals surface area contributed by atoms with Crippen molar-refractivity contribution in [3.05, 3.63) is 34.9 Å². The first-order valence-electron chi connectivity index (χ1n) is 6.08. The van der Waals surface area contributed by atoms with Crippen LogP contribution in [-0.2, 0) is 11.2 Å². The highest BCUT2D eigenvalue weighted by atomic mass is 35.5. The second-order valence-electron chi connectivity index (χ2n) is 4.89. The summed E-state index contributed by atoms with van der Waals surface area (Å²) in [5.41, 5.74) is 1.02. The number of amides is 1. The van der Waals surface area contributed by atoms with E-state index in [1.54, 1.807) is 0 Å². The zero-order valence-corrected chi connectivity index (χ0v) is 11.1. The Morgan fingerprint density at radius 2 is 2.00 bits per heavy atom. The summed E-state index contributed by atoms with van der Waals surface area (Å²) in [5, 5.41) is 0.709. The van der Waals surface area contributed by atoms with Crippen LogP contribution in [0.15, 0.2) is 24.3 Å². The molecule has 1 fully saturated rings. The van der Waals surface area contributed by atoms with Gasteiger partial charge in [0.15, 0.2) is 0 Å². The summed E-state index contributed by atoms with van der Waals surface area (Å²) in [6.07, 6.45) is 2.99. The Balaban J connectivity index is 1.93. The lowest BCUT2D eigenvalue weighted by Crippen LogP contribution is -2.37. The first-order valence-corrected chi connectivity index (χ1v) is 6.46. The molecule has 2 rings (SSSR count). The van der Waals surface area contributed by atoms with Crippen molar-refractivity contribution in [3.8, 4) is 0 Å². The third-order valence-corrected chi connectivity index (χ3v) is 3.83. The number of nitrogens with zero attached hydrogens (tertiary/aromatic N) is 1. The largest absolute Gasteiger partial charge is 0.342 e. The fraction of sp³-hybridized carbons (Fsp3) is 0.500. The number of rotatable bonds is 4. The van der Waals surface area contributed by atoms with Gasteiger partial charge in [-0.15, -0.1) is 0 Å². The second kappa shape index (κ2) is 5.09. The van der Waals surface area contributed by atoms with Crippen LogP contribution >= 0.6 is 11.6 Å². The zero-order chi connectivity index (χ0) is 12.4. The molecule has 1 aromatic rings. The van der Waals surface area contributed by atoms with Crippen LogP contribution in [0.2, 0.25) is 5.02 Å². The number of halogens is 1. The van der Waals surface area contributed by atoms with E-state index in [1.807, 2.05) is 36.2 Å². The minimum absolute atomic E-state index is 0.187. The maximum absolute atomic E-state index is 12.1. The van der Waals surface area contributed by atoms with Gasteiger partial charge in [-0.25, -0.2) is 0 Å². The predicted molar refractivity (Wildman–Crippen MR) is 70.1 cm³/mol. The number of hydrogen-bond donors (Lipinski definition) is 0.